The van der Waals surface area contributed by atoms with E-state index < -0.39 is 97.5 Å². The molecule has 19 heteroatoms. The Morgan fingerprint density at radius 1 is 0.264 bits per heavy atom. The molecule has 0 spiro atoms. The quantitative estimate of drug-likeness (QED) is 0.0169. The van der Waals surface area contributed by atoms with Crippen molar-refractivity contribution in [2.75, 3.05) is 39.6 Å². The Hall–Kier alpha value is -5.58. The predicted octanol–water partition coefficient (Wildman–Crippen LogP) is 25.3. The van der Waals surface area contributed by atoms with Crippen LogP contribution in [0, 0.1) is 0 Å². The van der Waals surface area contributed by atoms with Crippen LogP contribution >= 0.6 is 15.6 Å². The number of phosphoric ester groups is 2. The monoisotopic (exact) mass is 1580 g/mol. The van der Waals surface area contributed by atoms with Crippen molar-refractivity contribution in [2.24, 2.45) is 0 Å². The number of unbranched alkanes of at least 4 members (excludes halogenated alkanes) is 24. The maximum Gasteiger partial charge on any atom is 0.472 e. The summed E-state index contributed by atoms with van der Waals surface area (Å²) in [5.74, 6) is -2.26. The van der Waals surface area contributed by atoms with Gasteiger partial charge in [0.2, 0.25) is 0 Å². The molecule has 0 aromatic heterocycles. The zero-order valence-electron chi connectivity index (χ0n) is 68.6. The summed E-state index contributed by atoms with van der Waals surface area (Å²) in [5, 5.41) is 10.7. The molecule has 5 atom stereocenters. The molecule has 626 valence electrons. The van der Waals surface area contributed by atoms with E-state index in [4.69, 9.17) is 37.0 Å². The Morgan fingerprint density at radius 2 is 0.473 bits per heavy atom. The van der Waals surface area contributed by atoms with E-state index in [1.54, 1.807) is 0 Å². The molecule has 0 amide bonds. The molecule has 3 N–H and O–H groups in total. The number of hydrogen-bond acceptors (Lipinski definition) is 15. The summed E-state index contributed by atoms with van der Waals surface area (Å²) in [7, 11) is -10.0. The first-order chi connectivity index (χ1) is 53.7. The molecule has 0 aromatic carbocycles. The van der Waals surface area contributed by atoms with Gasteiger partial charge in [0.25, 0.3) is 0 Å². The van der Waals surface area contributed by atoms with E-state index in [0.717, 1.165) is 225 Å². The molecule has 0 rings (SSSR count). The Bertz CT molecular complexity index is 2750. The topological polar surface area (TPSA) is 237 Å². The highest BCUT2D eigenvalue weighted by molar-refractivity contribution is 7.47. The third-order valence-corrected chi connectivity index (χ3v) is 19.1. The fourth-order valence-corrected chi connectivity index (χ4v) is 12.4. The number of hydrogen-bond donors (Lipinski definition) is 3. The average molecular weight is 1580 g/mol. The molecule has 0 fully saturated rings. The number of aliphatic hydroxyl groups is 1. The number of ether oxygens (including phenoxy) is 4. The fourth-order valence-electron chi connectivity index (χ4n) is 10.8. The van der Waals surface area contributed by atoms with Gasteiger partial charge in [0, 0.05) is 25.7 Å². The summed E-state index contributed by atoms with van der Waals surface area (Å²) in [6.07, 6.45) is 97.4. The molecule has 0 aliphatic rings. The van der Waals surface area contributed by atoms with Crippen molar-refractivity contribution in [3.05, 3.63) is 170 Å². The van der Waals surface area contributed by atoms with Crippen molar-refractivity contribution in [2.45, 2.75) is 341 Å². The highest BCUT2D eigenvalue weighted by Crippen LogP contribution is 2.45. The van der Waals surface area contributed by atoms with Crippen LogP contribution in [0.15, 0.2) is 170 Å². The molecule has 0 aliphatic carbocycles. The van der Waals surface area contributed by atoms with Gasteiger partial charge in [-0.2, -0.15) is 0 Å². The van der Waals surface area contributed by atoms with E-state index in [1.807, 2.05) is 0 Å². The fraction of sp³-hybridized carbons (Fsp3) is 0.648. The van der Waals surface area contributed by atoms with Crippen LogP contribution in [-0.2, 0) is 65.4 Å². The second kappa shape index (κ2) is 81.4. The third-order valence-electron chi connectivity index (χ3n) is 17.2. The maximum absolute atomic E-state index is 13.1. The number of rotatable bonds is 78. The summed E-state index contributed by atoms with van der Waals surface area (Å²) in [5.41, 5.74) is 0. The van der Waals surface area contributed by atoms with Crippen LogP contribution in [0.1, 0.15) is 323 Å². The Labute approximate surface area is 667 Å². The summed E-state index contributed by atoms with van der Waals surface area (Å²) in [4.78, 5) is 73.3. The summed E-state index contributed by atoms with van der Waals surface area (Å²) < 4.78 is 68.8. The molecular formula is C91H150O17P2. The van der Waals surface area contributed by atoms with Crippen molar-refractivity contribution in [1.82, 2.24) is 0 Å². The highest BCUT2D eigenvalue weighted by atomic mass is 31.2. The van der Waals surface area contributed by atoms with Gasteiger partial charge in [-0.3, -0.25) is 37.3 Å². The summed E-state index contributed by atoms with van der Waals surface area (Å²) >= 11 is 0. The van der Waals surface area contributed by atoms with Gasteiger partial charge in [0.1, 0.15) is 19.3 Å². The molecule has 110 heavy (non-hydrogen) atoms. The first-order valence-electron chi connectivity index (χ1n) is 42.4. The van der Waals surface area contributed by atoms with Gasteiger partial charge < -0.3 is 33.8 Å². The average Bonchev–Trinajstić information content (AvgIpc) is 0.904. The molecule has 0 saturated heterocycles. The minimum Gasteiger partial charge on any atom is -0.462 e. The van der Waals surface area contributed by atoms with Crippen molar-refractivity contribution in [3.8, 4) is 0 Å². The van der Waals surface area contributed by atoms with Crippen LogP contribution < -0.4 is 0 Å². The van der Waals surface area contributed by atoms with Gasteiger partial charge >= 0.3 is 39.5 Å². The predicted molar refractivity (Wildman–Crippen MR) is 454 cm³/mol. The smallest absolute Gasteiger partial charge is 0.462 e. The Morgan fingerprint density at radius 3 is 0.727 bits per heavy atom. The van der Waals surface area contributed by atoms with Gasteiger partial charge in [0.15, 0.2) is 12.2 Å². The van der Waals surface area contributed by atoms with E-state index in [2.05, 4.69) is 198 Å². The summed E-state index contributed by atoms with van der Waals surface area (Å²) in [6, 6.07) is 0. The van der Waals surface area contributed by atoms with Crippen molar-refractivity contribution in [1.29, 1.82) is 0 Å². The number of carbonyl (C=O) groups is 4. The van der Waals surface area contributed by atoms with Gasteiger partial charge in [-0.05, 0) is 173 Å². The van der Waals surface area contributed by atoms with E-state index >= 15 is 0 Å². The number of aliphatic hydroxyl groups excluding tert-OH is 1. The number of phosphoric acid groups is 2. The maximum atomic E-state index is 13.1. The molecular weight excluding hydrogens is 1430 g/mol. The van der Waals surface area contributed by atoms with Crippen LogP contribution in [-0.4, -0.2) is 96.7 Å². The van der Waals surface area contributed by atoms with E-state index in [1.165, 1.54) is 19.3 Å². The Balaban J connectivity index is 5.46. The molecule has 0 aromatic rings. The van der Waals surface area contributed by atoms with E-state index in [-0.39, 0.29) is 25.7 Å². The SMILES string of the molecule is CC/C=C\C/C=C\C/C=C\C/C=C\CCCCCCC(=O)OCC(COP(=O)(O)OCC(O)COP(=O)(O)OCC(COC(=O)CCCCCCCC/C=C\C/C=C\C/C=C\CCCCC)OC(=O)CCCCCCCCC/C=C\C/C=C\C/C=C\CC)OC(=O)CCCCCC/C=C\C/C=C\C/C=C\C/C=C\CC. The molecule has 0 radical (unpaired) electrons. The Kier molecular flexibility index (Phi) is 77.3. The lowest BCUT2D eigenvalue weighted by molar-refractivity contribution is -0.161. The lowest BCUT2D eigenvalue weighted by Gasteiger charge is -2.21. The van der Waals surface area contributed by atoms with Crippen LogP contribution in [0.3, 0.4) is 0 Å². The first-order valence-corrected chi connectivity index (χ1v) is 45.4. The standard InChI is InChI=1S/C91H150O17P2/c1-5-9-13-17-21-25-29-33-37-41-42-46-48-52-56-60-64-68-72-76-89(94)102-82-87(108-91(96)78-74-70-66-62-58-54-50-45-40-36-32-28-24-20-16-12-8-4)84-106-110(99,100)104-80-85(92)79-103-109(97,98)105-83-86(107-90(95)77-73-69-65-61-57-53-49-44-39-35-31-27-23-19-15-11-7-3)81-101-88(93)75-71-67-63-59-55-51-47-43-38-34-30-26-22-18-14-10-6-2/h10-12,14-16,21-28,33-40,42,46-47,49,51,53,85-87,92H,5-9,13,17-20,29-32,41,43-45,48,50,52,54-84H2,1-4H3,(H,97,98)(H,99,100)/b14-10-,15-11-,16-12-,25-21-,26-22-,27-23-,28-24-,37-33-,38-34-,39-35-,40-36-,46-42-,51-47-,53-49-. The number of allylic oxidation sites excluding steroid dienone is 28. The lowest BCUT2D eigenvalue weighted by atomic mass is 10.1. The second-order valence-corrected chi connectivity index (χ2v) is 30.5. The third kappa shape index (κ3) is 80.5. The molecule has 0 bridgehead atoms. The second-order valence-electron chi connectivity index (χ2n) is 27.6. The van der Waals surface area contributed by atoms with Gasteiger partial charge in [-0.1, -0.05) is 294 Å². The first kappa shape index (κ1) is 104. The molecule has 0 heterocycles. The largest absolute Gasteiger partial charge is 0.472 e. The number of esters is 4. The lowest BCUT2D eigenvalue weighted by Crippen LogP contribution is -2.30. The zero-order valence-corrected chi connectivity index (χ0v) is 70.4. The zero-order chi connectivity index (χ0) is 80.3. The molecule has 17 nitrogen and oxygen atoms in total. The van der Waals surface area contributed by atoms with Gasteiger partial charge in [-0.25, -0.2) is 9.13 Å². The van der Waals surface area contributed by atoms with Crippen molar-refractivity contribution < 1.29 is 80.2 Å². The van der Waals surface area contributed by atoms with E-state index in [9.17, 15) is 43.2 Å². The number of carbonyl (C=O) groups excluding carboxylic acids is 4. The van der Waals surface area contributed by atoms with Crippen LogP contribution in [0.4, 0.5) is 0 Å². The minimum absolute atomic E-state index is 0.0552. The molecule has 0 saturated carbocycles. The van der Waals surface area contributed by atoms with Crippen molar-refractivity contribution in [3.63, 3.8) is 0 Å². The van der Waals surface area contributed by atoms with Gasteiger partial charge in [0.05, 0.1) is 26.4 Å². The van der Waals surface area contributed by atoms with Crippen LogP contribution in [0.2, 0.25) is 0 Å². The van der Waals surface area contributed by atoms with E-state index in [0.29, 0.717) is 25.7 Å². The molecule has 5 unspecified atom stereocenters. The van der Waals surface area contributed by atoms with Crippen LogP contribution in [0.5, 0.6) is 0 Å². The van der Waals surface area contributed by atoms with Crippen LogP contribution in [0.25, 0.3) is 0 Å². The summed E-state index contributed by atoms with van der Waals surface area (Å²) in [6.45, 7) is 4.45. The molecule has 0 aliphatic heterocycles. The highest BCUT2D eigenvalue weighted by Gasteiger charge is 2.30. The van der Waals surface area contributed by atoms with Crippen molar-refractivity contribution >= 4 is 39.5 Å². The normalized spacial score (nSPS) is 14.6. The van der Waals surface area contributed by atoms with Gasteiger partial charge in [-0.15, -0.1) is 0 Å². The minimum atomic E-state index is -5.00.